The molecule has 37 heavy (non-hydrogen) atoms. The Morgan fingerprint density at radius 3 is 2.57 bits per heavy atom. The molecule has 0 bridgehead atoms. The average Bonchev–Trinajstić information content (AvgIpc) is 2.92. The van der Waals surface area contributed by atoms with Crippen LogP contribution in [0.1, 0.15) is 54.7 Å². The van der Waals surface area contributed by atoms with Crippen molar-refractivity contribution >= 4 is 33.3 Å². The van der Waals surface area contributed by atoms with Gasteiger partial charge < -0.3 is 10.4 Å². The number of pyridine rings is 2. The van der Waals surface area contributed by atoms with Gasteiger partial charge in [0.1, 0.15) is 21.9 Å². The van der Waals surface area contributed by atoms with Crippen LogP contribution < -0.4 is 10.9 Å². The minimum atomic E-state index is -3.61. The highest BCUT2D eigenvalue weighted by Crippen LogP contribution is 2.56. The van der Waals surface area contributed by atoms with Gasteiger partial charge in [-0.3, -0.25) is 18.5 Å². The van der Waals surface area contributed by atoms with Crippen LogP contribution in [0.3, 0.4) is 0 Å². The molecule has 0 unspecified atom stereocenters. The predicted molar refractivity (Wildman–Crippen MR) is 147 cm³/mol. The molecule has 0 spiro atoms. The van der Waals surface area contributed by atoms with E-state index in [0.717, 1.165) is 24.0 Å². The zero-order valence-corrected chi connectivity index (χ0v) is 21.0. The predicted octanol–water partition coefficient (Wildman–Crippen LogP) is 6.09. The lowest BCUT2D eigenvalue weighted by Gasteiger charge is -2.35. The highest BCUT2D eigenvalue weighted by Gasteiger charge is 2.31. The van der Waals surface area contributed by atoms with Crippen molar-refractivity contribution in [3.8, 4) is 5.75 Å². The number of benzene rings is 2. The van der Waals surface area contributed by atoms with E-state index in [-0.39, 0.29) is 23.7 Å². The van der Waals surface area contributed by atoms with Crippen LogP contribution in [0.15, 0.2) is 80.9 Å². The van der Waals surface area contributed by atoms with Gasteiger partial charge in [0.15, 0.2) is 5.84 Å². The third-order valence-corrected chi connectivity index (χ3v) is 8.63. The second-order valence-electron chi connectivity index (χ2n) is 9.65. The maximum Gasteiger partial charge on any atom is 0.267 e. The molecule has 4 N–H and O–H groups in total. The van der Waals surface area contributed by atoms with E-state index in [9.17, 15) is 19.0 Å². The fourth-order valence-corrected chi connectivity index (χ4v) is 6.58. The SMILES string of the molecule is O=c1c(C2=NS(O)(O)c3cc(C4CCCCC4)ccc3N2)c(O)c2cccnc2n1Cc1ccccc1. The maximum absolute atomic E-state index is 13.8. The standard InChI is InChI=1S/C28H28N4O4S/c33-25-21-12-7-15-29-27(21)32(17-18-8-3-1-4-9-18)28(34)24(25)26-30-22-14-13-20(19-10-5-2-6-11-19)16-23(22)37(35,36)31-26/h1,3-4,7-9,12-16,19,33,35-36H,2,5-6,10-11,17H2,(H,30,31). The van der Waals surface area contributed by atoms with Crippen molar-refractivity contribution in [2.45, 2.75) is 49.5 Å². The summed E-state index contributed by atoms with van der Waals surface area (Å²) in [5, 5.41) is 14.6. The molecule has 0 radical (unpaired) electrons. The lowest BCUT2D eigenvalue weighted by Crippen LogP contribution is -2.32. The van der Waals surface area contributed by atoms with E-state index in [1.165, 1.54) is 23.8 Å². The zero-order valence-electron chi connectivity index (χ0n) is 20.2. The topological polar surface area (TPSA) is 120 Å². The number of aromatic nitrogens is 2. The Balaban J connectivity index is 1.47. The molecule has 8 nitrogen and oxygen atoms in total. The zero-order chi connectivity index (χ0) is 25.6. The monoisotopic (exact) mass is 516 g/mol. The van der Waals surface area contributed by atoms with Gasteiger partial charge >= 0.3 is 0 Å². The van der Waals surface area contributed by atoms with Gasteiger partial charge in [0.05, 0.1) is 17.6 Å². The second kappa shape index (κ2) is 9.33. The summed E-state index contributed by atoms with van der Waals surface area (Å²) < 4.78 is 27.8. The molecule has 1 saturated carbocycles. The lowest BCUT2D eigenvalue weighted by molar-refractivity contribution is 0.442. The number of hydrogen-bond donors (Lipinski definition) is 4. The molecule has 0 saturated heterocycles. The minimum absolute atomic E-state index is 0.0759. The number of amidine groups is 1. The molecule has 1 fully saturated rings. The largest absolute Gasteiger partial charge is 0.506 e. The Morgan fingerprint density at radius 1 is 1.00 bits per heavy atom. The minimum Gasteiger partial charge on any atom is -0.506 e. The first-order valence-electron chi connectivity index (χ1n) is 12.5. The molecule has 9 heteroatoms. The lowest BCUT2D eigenvalue weighted by atomic mass is 9.84. The molecule has 2 aliphatic rings. The van der Waals surface area contributed by atoms with Crippen LogP contribution in [0.4, 0.5) is 5.69 Å². The van der Waals surface area contributed by atoms with Crippen molar-refractivity contribution in [2.24, 2.45) is 4.40 Å². The summed E-state index contributed by atoms with van der Waals surface area (Å²) in [7, 11) is -3.61. The van der Waals surface area contributed by atoms with Crippen LogP contribution in [-0.4, -0.2) is 29.6 Å². The summed E-state index contributed by atoms with van der Waals surface area (Å²) in [4.78, 5) is 18.4. The fourth-order valence-electron chi connectivity index (χ4n) is 5.38. The van der Waals surface area contributed by atoms with Crippen LogP contribution in [-0.2, 0) is 6.54 Å². The van der Waals surface area contributed by atoms with Gasteiger partial charge in [-0.25, -0.2) is 4.98 Å². The van der Waals surface area contributed by atoms with Gasteiger partial charge in [-0.1, -0.05) is 66.4 Å². The number of rotatable bonds is 4. The van der Waals surface area contributed by atoms with Crippen molar-refractivity contribution in [2.75, 3.05) is 5.32 Å². The molecule has 1 aliphatic carbocycles. The number of nitrogens with one attached hydrogen (secondary N) is 1. The molecule has 2 aromatic carbocycles. The molecule has 4 aromatic rings. The van der Waals surface area contributed by atoms with Crippen LogP contribution in [0.2, 0.25) is 0 Å². The van der Waals surface area contributed by atoms with Crippen molar-refractivity contribution in [1.82, 2.24) is 9.55 Å². The molecule has 190 valence electrons. The van der Waals surface area contributed by atoms with E-state index in [0.29, 0.717) is 27.5 Å². The number of fused-ring (bicyclic) bond motifs is 2. The Labute approximate surface area is 215 Å². The van der Waals surface area contributed by atoms with Crippen LogP contribution in [0.25, 0.3) is 11.0 Å². The summed E-state index contributed by atoms with van der Waals surface area (Å²) >= 11 is 0. The summed E-state index contributed by atoms with van der Waals surface area (Å²) in [5.74, 6) is 0.0102. The van der Waals surface area contributed by atoms with Gasteiger partial charge in [0, 0.05) is 6.20 Å². The molecule has 6 rings (SSSR count). The van der Waals surface area contributed by atoms with Crippen LogP contribution in [0.5, 0.6) is 5.75 Å². The molecular weight excluding hydrogens is 488 g/mol. The van der Waals surface area contributed by atoms with Crippen LogP contribution in [0, 0.1) is 0 Å². The summed E-state index contributed by atoms with van der Waals surface area (Å²) in [6, 6.07) is 18.5. The second-order valence-corrected chi connectivity index (χ2v) is 11.3. The van der Waals surface area contributed by atoms with Crippen molar-refractivity contribution in [3.63, 3.8) is 0 Å². The van der Waals surface area contributed by atoms with E-state index in [1.807, 2.05) is 48.5 Å². The number of aromatic hydroxyl groups is 1. The third kappa shape index (κ3) is 4.29. The van der Waals surface area contributed by atoms with Crippen molar-refractivity contribution in [1.29, 1.82) is 0 Å². The van der Waals surface area contributed by atoms with Gasteiger partial charge in [-0.2, -0.15) is 0 Å². The van der Waals surface area contributed by atoms with Crippen molar-refractivity contribution < 1.29 is 14.2 Å². The quantitative estimate of drug-likeness (QED) is 0.260. The molecule has 3 heterocycles. The summed E-state index contributed by atoms with van der Waals surface area (Å²) in [5.41, 5.74) is 2.09. The van der Waals surface area contributed by atoms with E-state index in [2.05, 4.69) is 14.7 Å². The molecule has 0 amide bonds. The summed E-state index contributed by atoms with van der Waals surface area (Å²) in [6.07, 6.45) is 7.31. The first-order chi connectivity index (χ1) is 17.9. The smallest absolute Gasteiger partial charge is 0.267 e. The first-order valence-corrected chi connectivity index (χ1v) is 14.0. The molecule has 1 aliphatic heterocycles. The highest BCUT2D eigenvalue weighted by atomic mass is 32.3. The molecular formula is C28H28N4O4S. The van der Waals surface area contributed by atoms with E-state index < -0.39 is 16.3 Å². The van der Waals surface area contributed by atoms with E-state index in [1.54, 1.807) is 18.3 Å². The first kappa shape index (κ1) is 23.7. The third-order valence-electron chi connectivity index (χ3n) is 7.26. The number of nitrogens with zero attached hydrogens (tertiary/aromatic N) is 3. The van der Waals surface area contributed by atoms with E-state index >= 15 is 0 Å². The van der Waals surface area contributed by atoms with Gasteiger partial charge in [-0.05, 0) is 54.2 Å². The fraction of sp³-hybridized carbons (Fsp3) is 0.250. The Morgan fingerprint density at radius 2 is 1.78 bits per heavy atom. The van der Waals surface area contributed by atoms with Gasteiger partial charge in [-0.15, -0.1) is 4.40 Å². The normalized spacial score (nSPS) is 18.1. The maximum atomic E-state index is 13.8. The highest BCUT2D eigenvalue weighted by molar-refractivity contribution is 8.23. The number of hydrogen-bond acceptors (Lipinski definition) is 7. The van der Waals surface area contributed by atoms with Crippen molar-refractivity contribution in [3.05, 3.63) is 93.9 Å². The van der Waals surface area contributed by atoms with Gasteiger partial charge in [0.2, 0.25) is 0 Å². The number of anilines is 1. The van der Waals surface area contributed by atoms with Gasteiger partial charge in [0.25, 0.3) is 5.56 Å². The van der Waals surface area contributed by atoms with E-state index in [4.69, 9.17) is 0 Å². The Hall–Kier alpha value is -3.66. The molecule has 0 atom stereocenters. The molecule has 2 aromatic heterocycles. The van der Waals surface area contributed by atoms with Crippen LogP contribution >= 0.6 is 10.8 Å². The Kier molecular flexibility index (Phi) is 5.98. The summed E-state index contributed by atoms with van der Waals surface area (Å²) in [6.45, 7) is 0.228. The Bertz CT molecular complexity index is 1580. The average molecular weight is 517 g/mol.